The van der Waals surface area contributed by atoms with Gasteiger partial charge in [0.1, 0.15) is 5.75 Å². The number of carbonyl (C=O) groups excluding carboxylic acids is 2. The largest absolute Gasteiger partial charge is 0.493 e. The fraction of sp³-hybridized carbons (Fsp3) is 0.562. The lowest BCUT2D eigenvalue weighted by Gasteiger charge is -2.30. The average molecular weight is 590 g/mol. The molecule has 2 aromatic carbocycles. The Bertz CT molecular complexity index is 1110. The molecular weight excluding hydrogens is 542 g/mol. The lowest BCUT2D eigenvalue weighted by molar-refractivity contribution is -0.126. The van der Waals surface area contributed by atoms with Crippen LogP contribution in [0.4, 0.5) is 0 Å². The first-order chi connectivity index (χ1) is 19.4. The molecular formula is C32H48ClN3O5. The first-order valence-electron chi connectivity index (χ1n) is 14.4. The predicted molar refractivity (Wildman–Crippen MR) is 164 cm³/mol. The van der Waals surface area contributed by atoms with E-state index in [9.17, 15) is 14.7 Å². The molecule has 0 fully saturated rings. The van der Waals surface area contributed by atoms with Crippen LogP contribution < -0.4 is 15.8 Å². The van der Waals surface area contributed by atoms with E-state index in [1.165, 1.54) is 4.42 Å². The minimum Gasteiger partial charge on any atom is -0.493 e. The summed E-state index contributed by atoms with van der Waals surface area (Å²) in [5.41, 5.74) is 7.98. The SMILES string of the molecule is COCCCCOc1ccccc1C(=O)N(Cl)C[C@@H](C[C@H](N)[C@@H](O)CNC(=O)C(C)(C)c1cccc(C)c1)C(C)C. The fourth-order valence-corrected chi connectivity index (χ4v) is 4.79. The standard InChI is InChI=1S/C32H48ClN3O5/c1-22(2)24(21-36(33)30(38)26-14-7-8-15-29(26)41-17-10-9-16-40-6)19-27(34)28(37)20-35-31(39)32(4,5)25-13-11-12-23(3)18-25/h7-8,11-15,18,22,24,27-28,37H,9-10,16-17,19-21,34H2,1-6H3,(H,35,39)/t24-,27+,28+/m1/s1. The number of benzene rings is 2. The van der Waals surface area contributed by atoms with Crippen LogP contribution in [0, 0.1) is 18.8 Å². The van der Waals surface area contributed by atoms with Crippen LogP contribution in [-0.4, -0.2) is 66.9 Å². The topological polar surface area (TPSA) is 114 Å². The number of aliphatic hydroxyl groups excluding tert-OH is 1. The highest BCUT2D eigenvalue weighted by molar-refractivity contribution is 6.24. The Morgan fingerprint density at radius 3 is 2.44 bits per heavy atom. The number of rotatable bonds is 17. The van der Waals surface area contributed by atoms with Crippen LogP contribution in [0.2, 0.25) is 0 Å². The van der Waals surface area contributed by atoms with E-state index in [1.54, 1.807) is 25.3 Å². The second-order valence-electron chi connectivity index (χ2n) is 11.6. The monoisotopic (exact) mass is 589 g/mol. The smallest absolute Gasteiger partial charge is 0.271 e. The summed E-state index contributed by atoms with van der Waals surface area (Å²) in [7, 11) is 1.66. The number of halogens is 1. The summed E-state index contributed by atoms with van der Waals surface area (Å²) in [6.45, 7) is 11.2. The van der Waals surface area contributed by atoms with Crippen molar-refractivity contribution in [2.75, 3.05) is 33.4 Å². The van der Waals surface area contributed by atoms with Gasteiger partial charge in [0.05, 0.1) is 23.7 Å². The number of carbonyl (C=O) groups is 2. The summed E-state index contributed by atoms with van der Waals surface area (Å²) < 4.78 is 12.1. The molecule has 0 spiro atoms. The van der Waals surface area contributed by atoms with Gasteiger partial charge in [-0.3, -0.25) is 14.0 Å². The molecule has 0 radical (unpaired) electrons. The van der Waals surface area contributed by atoms with E-state index in [2.05, 4.69) is 5.32 Å². The molecule has 0 aliphatic carbocycles. The Morgan fingerprint density at radius 1 is 1.10 bits per heavy atom. The number of nitrogens with zero attached hydrogens (tertiary/aromatic N) is 1. The molecule has 9 heteroatoms. The summed E-state index contributed by atoms with van der Waals surface area (Å²) in [4.78, 5) is 26.2. The number of aryl methyl sites for hydroxylation is 1. The summed E-state index contributed by atoms with van der Waals surface area (Å²) in [5, 5.41) is 13.7. The number of amides is 2. The maximum Gasteiger partial charge on any atom is 0.271 e. The summed E-state index contributed by atoms with van der Waals surface area (Å²) >= 11 is 6.52. The first-order valence-corrected chi connectivity index (χ1v) is 14.7. The Balaban J connectivity index is 1.96. The van der Waals surface area contributed by atoms with Crippen LogP contribution in [0.5, 0.6) is 5.75 Å². The molecule has 8 nitrogen and oxygen atoms in total. The number of hydrogen-bond donors (Lipinski definition) is 3. The van der Waals surface area contributed by atoms with Crippen LogP contribution in [0.3, 0.4) is 0 Å². The zero-order valence-corrected chi connectivity index (χ0v) is 26.1. The van der Waals surface area contributed by atoms with Gasteiger partial charge in [-0.2, -0.15) is 0 Å². The van der Waals surface area contributed by atoms with E-state index in [0.29, 0.717) is 30.9 Å². The van der Waals surface area contributed by atoms with Gasteiger partial charge in [-0.25, -0.2) is 0 Å². The summed E-state index contributed by atoms with van der Waals surface area (Å²) in [5.74, 6) is 0.00152. The number of nitrogens with one attached hydrogen (secondary N) is 1. The van der Waals surface area contributed by atoms with Gasteiger partial charge in [0, 0.05) is 44.6 Å². The molecule has 0 aliphatic rings. The number of methoxy groups -OCH3 is 1. The van der Waals surface area contributed by atoms with E-state index in [1.807, 2.05) is 65.0 Å². The van der Waals surface area contributed by atoms with Crippen LogP contribution in [0.15, 0.2) is 48.5 Å². The molecule has 2 aromatic rings. The highest BCUT2D eigenvalue weighted by atomic mass is 35.5. The summed E-state index contributed by atoms with van der Waals surface area (Å²) in [6, 6.07) is 14.3. The van der Waals surface area contributed by atoms with Gasteiger partial charge >= 0.3 is 0 Å². The number of para-hydroxylation sites is 1. The zero-order chi connectivity index (χ0) is 30.6. The van der Waals surface area contributed by atoms with Crippen molar-refractivity contribution in [2.45, 2.75) is 71.4 Å². The van der Waals surface area contributed by atoms with Gasteiger partial charge in [-0.1, -0.05) is 55.8 Å². The number of nitrogens with two attached hydrogens (primary N) is 1. The van der Waals surface area contributed by atoms with Crippen LogP contribution in [0.25, 0.3) is 0 Å². The van der Waals surface area contributed by atoms with Crippen LogP contribution in [-0.2, 0) is 14.9 Å². The van der Waals surface area contributed by atoms with Crippen molar-refractivity contribution in [2.24, 2.45) is 17.6 Å². The van der Waals surface area contributed by atoms with Crippen molar-refractivity contribution in [3.05, 3.63) is 65.2 Å². The van der Waals surface area contributed by atoms with Crippen molar-refractivity contribution in [3.63, 3.8) is 0 Å². The molecule has 0 bridgehead atoms. The van der Waals surface area contributed by atoms with Gasteiger partial charge in [-0.05, 0) is 69.6 Å². The fourth-order valence-electron chi connectivity index (χ4n) is 4.52. The molecule has 2 amide bonds. The molecule has 0 saturated heterocycles. The third-order valence-electron chi connectivity index (χ3n) is 7.52. The average Bonchev–Trinajstić information content (AvgIpc) is 2.94. The third kappa shape index (κ3) is 10.6. The molecule has 228 valence electrons. The van der Waals surface area contributed by atoms with Gasteiger partial charge in [-0.15, -0.1) is 0 Å². The molecule has 3 atom stereocenters. The lowest BCUT2D eigenvalue weighted by atomic mass is 9.83. The molecule has 0 aliphatic heterocycles. The van der Waals surface area contributed by atoms with Gasteiger partial charge in [0.25, 0.3) is 5.91 Å². The summed E-state index contributed by atoms with van der Waals surface area (Å²) in [6.07, 6.45) is 1.13. The minimum absolute atomic E-state index is 0.0265. The van der Waals surface area contributed by atoms with Gasteiger partial charge in [0.2, 0.25) is 5.91 Å². The van der Waals surface area contributed by atoms with Crippen molar-refractivity contribution in [1.29, 1.82) is 0 Å². The number of aliphatic hydroxyl groups is 1. The number of unbranched alkanes of at least 4 members (excludes halogenated alkanes) is 1. The molecule has 0 aromatic heterocycles. The lowest BCUT2D eigenvalue weighted by Crippen LogP contribution is -2.49. The second kappa shape index (κ2) is 16.7. The van der Waals surface area contributed by atoms with E-state index in [-0.39, 0.29) is 36.7 Å². The Labute approximate surface area is 250 Å². The highest BCUT2D eigenvalue weighted by Gasteiger charge is 2.31. The van der Waals surface area contributed by atoms with Crippen molar-refractivity contribution in [1.82, 2.24) is 9.74 Å². The van der Waals surface area contributed by atoms with E-state index >= 15 is 0 Å². The van der Waals surface area contributed by atoms with Crippen molar-refractivity contribution < 1.29 is 24.2 Å². The normalized spacial score (nSPS) is 13.9. The second-order valence-corrected chi connectivity index (χ2v) is 12.0. The molecule has 2 rings (SSSR count). The van der Waals surface area contributed by atoms with E-state index in [4.69, 9.17) is 27.0 Å². The maximum absolute atomic E-state index is 13.3. The minimum atomic E-state index is -0.958. The molecule has 41 heavy (non-hydrogen) atoms. The highest BCUT2D eigenvalue weighted by Crippen LogP contribution is 2.26. The number of hydrogen-bond acceptors (Lipinski definition) is 6. The molecule has 4 N–H and O–H groups in total. The van der Waals surface area contributed by atoms with Gasteiger partial charge < -0.3 is 25.6 Å². The Kier molecular flexibility index (Phi) is 14.1. The van der Waals surface area contributed by atoms with Gasteiger partial charge in [0.15, 0.2) is 0 Å². The Hall–Kier alpha value is -2.65. The predicted octanol–water partition coefficient (Wildman–Crippen LogP) is 4.84. The molecule has 0 heterocycles. The first kappa shape index (κ1) is 34.6. The van der Waals surface area contributed by atoms with Crippen molar-refractivity contribution in [3.8, 4) is 5.75 Å². The maximum atomic E-state index is 13.3. The quantitative estimate of drug-likeness (QED) is 0.180. The van der Waals surface area contributed by atoms with Crippen LogP contribution >= 0.6 is 11.8 Å². The van der Waals surface area contributed by atoms with E-state index in [0.717, 1.165) is 24.0 Å². The van der Waals surface area contributed by atoms with Crippen molar-refractivity contribution >= 4 is 23.6 Å². The molecule has 0 saturated carbocycles. The van der Waals surface area contributed by atoms with E-state index < -0.39 is 17.6 Å². The number of ether oxygens (including phenoxy) is 2. The third-order valence-corrected chi connectivity index (χ3v) is 7.82. The zero-order valence-electron chi connectivity index (χ0n) is 25.4. The molecule has 0 unspecified atom stereocenters. The Morgan fingerprint density at radius 2 is 1.78 bits per heavy atom. The van der Waals surface area contributed by atoms with Crippen LogP contribution in [0.1, 0.15) is 68.4 Å².